The fraction of sp³-hybridized carbons (Fsp3) is 0.250. The summed E-state index contributed by atoms with van der Waals surface area (Å²) in [5.74, 6) is 0.869. The monoisotopic (exact) mass is 248 g/mol. The van der Waals surface area contributed by atoms with Gasteiger partial charge in [-0.2, -0.15) is 0 Å². The van der Waals surface area contributed by atoms with Crippen molar-refractivity contribution in [3.8, 4) is 0 Å². The van der Waals surface area contributed by atoms with E-state index in [2.05, 4.69) is 21.5 Å². The van der Waals surface area contributed by atoms with Crippen LogP contribution in [-0.2, 0) is 6.42 Å². The molecule has 2 heterocycles. The molecule has 0 atom stereocenters. The van der Waals surface area contributed by atoms with Crippen LogP contribution in [0.25, 0.3) is 16.8 Å². The number of aromatic amines is 1. The van der Waals surface area contributed by atoms with Crippen molar-refractivity contribution < 1.29 is 0 Å². The first-order valence-electron chi connectivity index (χ1n) is 5.58. The Kier molecular flexibility index (Phi) is 2.53. The van der Waals surface area contributed by atoms with Gasteiger partial charge in [0.25, 0.3) is 0 Å². The number of benzene rings is 1. The molecule has 0 aliphatic rings. The molecule has 0 aliphatic carbocycles. The van der Waals surface area contributed by atoms with E-state index in [-0.39, 0.29) is 0 Å². The molecule has 0 fully saturated rings. The predicted molar refractivity (Wildman–Crippen MR) is 69.7 cm³/mol. The number of aromatic nitrogens is 3. The predicted octanol–water partition coefficient (Wildman–Crippen LogP) is 2.23. The molecule has 88 valence electrons. The lowest BCUT2D eigenvalue weighted by atomic mass is 10.3. The zero-order valence-electron chi connectivity index (χ0n) is 9.50. The molecular formula is C12H13ClN4. The van der Waals surface area contributed by atoms with E-state index >= 15 is 0 Å². The third-order valence-electron chi connectivity index (χ3n) is 2.85. The molecule has 0 saturated heterocycles. The van der Waals surface area contributed by atoms with Gasteiger partial charge in [-0.15, -0.1) is 0 Å². The maximum Gasteiger partial charge on any atom is 0.212 e. The highest BCUT2D eigenvalue weighted by Gasteiger charge is 2.07. The minimum atomic E-state index is 0.734. The van der Waals surface area contributed by atoms with Crippen LogP contribution < -0.4 is 5.32 Å². The molecule has 4 nitrogen and oxygen atoms in total. The molecule has 0 amide bonds. The highest BCUT2D eigenvalue weighted by atomic mass is 35.5. The Morgan fingerprint density at radius 2 is 2.35 bits per heavy atom. The number of hydrogen-bond acceptors (Lipinski definition) is 2. The summed E-state index contributed by atoms with van der Waals surface area (Å²) in [5.41, 5.74) is 3.17. The van der Waals surface area contributed by atoms with Gasteiger partial charge in [-0.05, 0) is 25.2 Å². The van der Waals surface area contributed by atoms with Gasteiger partial charge in [0, 0.05) is 29.9 Å². The Bertz CT molecular complexity index is 668. The van der Waals surface area contributed by atoms with Crippen LogP contribution in [0.2, 0.25) is 5.02 Å². The quantitative estimate of drug-likeness (QED) is 0.747. The van der Waals surface area contributed by atoms with E-state index in [1.807, 2.05) is 29.6 Å². The van der Waals surface area contributed by atoms with Gasteiger partial charge in [-0.25, -0.2) is 4.98 Å². The smallest absolute Gasteiger partial charge is 0.212 e. The van der Waals surface area contributed by atoms with Gasteiger partial charge in [-0.3, -0.25) is 4.40 Å². The average molecular weight is 249 g/mol. The van der Waals surface area contributed by atoms with Crippen LogP contribution in [0.1, 0.15) is 5.69 Å². The van der Waals surface area contributed by atoms with E-state index in [9.17, 15) is 0 Å². The molecule has 17 heavy (non-hydrogen) atoms. The molecule has 1 aromatic carbocycles. The number of rotatable bonds is 3. The van der Waals surface area contributed by atoms with Crippen molar-refractivity contribution in [2.45, 2.75) is 6.42 Å². The van der Waals surface area contributed by atoms with Crippen LogP contribution >= 0.6 is 11.6 Å². The third kappa shape index (κ3) is 1.79. The van der Waals surface area contributed by atoms with Crippen LogP contribution in [0.3, 0.4) is 0 Å². The van der Waals surface area contributed by atoms with E-state index in [4.69, 9.17) is 11.6 Å². The number of imidazole rings is 2. The highest BCUT2D eigenvalue weighted by molar-refractivity contribution is 6.31. The second kappa shape index (κ2) is 4.05. The summed E-state index contributed by atoms with van der Waals surface area (Å²) in [6.45, 7) is 0.947. The van der Waals surface area contributed by atoms with Crippen molar-refractivity contribution in [1.82, 2.24) is 19.7 Å². The standard InChI is InChI=1S/C12H13ClN4/c1-14-5-4-9-7-17-11-6-8(13)2-3-10(11)16-12(17)15-9/h2-3,6-7,14H,4-5H2,1H3,(H,15,16). The molecule has 3 aromatic rings. The number of nitrogens with one attached hydrogen (secondary N) is 2. The van der Waals surface area contributed by atoms with E-state index in [1.54, 1.807) is 0 Å². The van der Waals surface area contributed by atoms with Gasteiger partial charge in [0.05, 0.1) is 11.0 Å². The van der Waals surface area contributed by atoms with Crippen molar-refractivity contribution in [1.29, 1.82) is 0 Å². The molecule has 0 unspecified atom stereocenters. The van der Waals surface area contributed by atoms with Gasteiger partial charge in [0.15, 0.2) is 0 Å². The van der Waals surface area contributed by atoms with Gasteiger partial charge >= 0.3 is 0 Å². The van der Waals surface area contributed by atoms with E-state index in [1.165, 1.54) is 5.69 Å². The first-order valence-corrected chi connectivity index (χ1v) is 5.95. The maximum absolute atomic E-state index is 6.01. The number of nitrogens with zero attached hydrogens (tertiary/aromatic N) is 2. The molecule has 0 spiro atoms. The fourth-order valence-electron chi connectivity index (χ4n) is 2.00. The summed E-state index contributed by atoms with van der Waals surface area (Å²) >= 11 is 6.01. The third-order valence-corrected chi connectivity index (χ3v) is 3.09. The number of H-pyrrole nitrogens is 1. The molecule has 5 heteroatoms. The topological polar surface area (TPSA) is 45.1 Å². The summed E-state index contributed by atoms with van der Waals surface area (Å²) in [5, 5.41) is 3.86. The highest BCUT2D eigenvalue weighted by Crippen LogP contribution is 2.20. The lowest BCUT2D eigenvalue weighted by Crippen LogP contribution is -2.10. The lowest BCUT2D eigenvalue weighted by molar-refractivity contribution is 0.780. The van der Waals surface area contributed by atoms with Crippen molar-refractivity contribution in [2.24, 2.45) is 0 Å². The zero-order valence-corrected chi connectivity index (χ0v) is 10.3. The van der Waals surface area contributed by atoms with Crippen LogP contribution in [0, 0.1) is 0 Å². The average Bonchev–Trinajstić information content (AvgIpc) is 2.84. The van der Waals surface area contributed by atoms with Gasteiger partial charge in [0.1, 0.15) is 0 Å². The van der Waals surface area contributed by atoms with Crippen LogP contribution in [-0.4, -0.2) is 28.0 Å². The summed E-state index contributed by atoms with van der Waals surface area (Å²) in [7, 11) is 1.95. The van der Waals surface area contributed by atoms with Crippen molar-refractivity contribution in [3.63, 3.8) is 0 Å². The summed E-state index contributed by atoms with van der Waals surface area (Å²) in [6, 6.07) is 5.73. The summed E-state index contributed by atoms with van der Waals surface area (Å²) < 4.78 is 2.05. The van der Waals surface area contributed by atoms with E-state index < -0.39 is 0 Å². The zero-order chi connectivity index (χ0) is 11.8. The minimum absolute atomic E-state index is 0.734. The fourth-order valence-corrected chi connectivity index (χ4v) is 2.17. The van der Waals surface area contributed by atoms with Crippen LogP contribution in [0.5, 0.6) is 0 Å². The first kappa shape index (κ1) is 10.6. The first-order chi connectivity index (χ1) is 8.28. The molecular weight excluding hydrogens is 236 g/mol. The summed E-state index contributed by atoms with van der Waals surface area (Å²) in [6.07, 6.45) is 3.04. The number of likely N-dealkylation sites (N-methyl/N-ethyl adjacent to an activating group) is 1. The molecule has 0 radical (unpaired) electrons. The Hall–Kier alpha value is -1.52. The van der Waals surface area contributed by atoms with Crippen molar-refractivity contribution in [2.75, 3.05) is 13.6 Å². The summed E-state index contributed by atoms with van der Waals surface area (Å²) in [4.78, 5) is 7.82. The minimum Gasteiger partial charge on any atom is -0.327 e. The van der Waals surface area contributed by atoms with Gasteiger partial charge in [-0.1, -0.05) is 11.6 Å². The molecule has 0 aliphatic heterocycles. The molecule has 0 bridgehead atoms. The Balaban J connectivity index is 2.13. The molecule has 2 N–H and O–H groups in total. The second-order valence-electron chi connectivity index (χ2n) is 4.07. The van der Waals surface area contributed by atoms with Crippen LogP contribution in [0.15, 0.2) is 24.4 Å². The van der Waals surface area contributed by atoms with E-state index in [0.29, 0.717) is 0 Å². The lowest BCUT2D eigenvalue weighted by Gasteiger charge is -1.95. The number of fused-ring (bicyclic) bond motifs is 3. The molecule has 3 rings (SSSR count). The molecule has 2 aromatic heterocycles. The SMILES string of the molecule is CNCCc1cn2c(nc3ccc(Cl)cc32)[nH]1. The number of hydrogen-bond donors (Lipinski definition) is 2. The molecule has 0 saturated carbocycles. The van der Waals surface area contributed by atoms with E-state index in [0.717, 1.165) is 34.8 Å². The van der Waals surface area contributed by atoms with Crippen molar-refractivity contribution >= 4 is 28.4 Å². The number of halogens is 1. The largest absolute Gasteiger partial charge is 0.327 e. The van der Waals surface area contributed by atoms with Crippen LogP contribution in [0.4, 0.5) is 0 Å². The normalized spacial score (nSPS) is 11.6. The maximum atomic E-state index is 6.01. The van der Waals surface area contributed by atoms with Gasteiger partial charge < -0.3 is 10.3 Å². The Labute approximate surface area is 104 Å². The Morgan fingerprint density at radius 1 is 1.47 bits per heavy atom. The Morgan fingerprint density at radius 3 is 3.18 bits per heavy atom. The van der Waals surface area contributed by atoms with Gasteiger partial charge in [0.2, 0.25) is 5.78 Å². The second-order valence-corrected chi connectivity index (χ2v) is 4.51. The van der Waals surface area contributed by atoms with Crippen molar-refractivity contribution in [3.05, 3.63) is 35.1 Å².